The molecule has 0 radical (unpaired) electrons. The molecule has 0 aliphatic carbocycles. The molecule has 0 atom stereocenters. The molecule has 1 amide bonds. The number of carbonyl (C=O) groups excluding carboxylic acids is 1. The highest BCUT2D eigenvalue weighted by Gasteiger charge is 2.14. The number of hydrogen-bond acceptors (Lipinski definition) is 3. The first-order chi connectivity index (χ1) is 12.4. The maximum atomic E-state index is 13.7. The van der Waals surface area contributed by atoms with Crippen LogP contribution in [-0.4, -0.2) is 15.5 Å². The average molecular weight is 355 g/mol. The van der Waals surface area contributed by atoms with Crippen molar-refractivity contribution in [2.45, 2.75) is 13.5 Å². The minimum Gasteiger partial charge on any atom is -0.322 e. The second-order valence-corrected chi connectivity index (χ2v) is 5.68. The van der Waals surface area contributed by atoms with Gasteiger partial charge in [-0.2, -0.15) is 0 Å². The van der Waals surface area contributed by atoms with E-state index < -0.39 is 23.1 Å². The van der Waals surface area contributed by atoms with Crippen molar-refractivity contribution in [2.24, 2.45) is 0 Å². The van der Waals surface area contributed by atoms with Gasteiger partial charge in [-0.1, -0.05) is 12.1 Å². The number of nitrogens with one attached hydrogen (secondary N) is 1. The first-order valence-electron chi connectivity index (χ1n) is 7.83. The molecule has 1 heterocycles. The van der Waals surface area contributed by atoms with E-state index in [9.17, 15) is 18.4 Å². The SMILES string of the molecule is Cc1cc(=O)n(CC(=O)Nc2ccccc2F)c(-c2ccc(F)cc2)n1. The number of aryl methyl sites for hydroxylation is 1. The largest absolute Gasteiger partial charge is 0.322 e. The number of carbonyl (C=O) groups is 1. The summed E-state index contributed by atoms with van der Waals surface area (Å²) in [5, 5.41) is 2.43. The fourth-order valence-corrected chi connectivity index (χ4v) is 2.49. The van der Waals surface area contributed by atoms with Gasteiger partial charge >= 0.3 is 0 Å². The topological polar surface area (TPSA) is 64.0 Å². The lowest BCUT2D eigenvalue weighted by atomic mass is 10.2. The zero-order valence-corrected chi connectivity index (χ0v) is 13.9. The zero-order valence-electron chi connectivity index (χ0n) is 13.9. The molecule has 26 heavy (non-hydrogen) atoms. The van der Waals surface area contributed by atoms with Gasteiger partial charge in [-0.15, -0.1) is 0 Å². The van der Waals surface area contributed by atoms with Crippen molar-refractivity contribution in [3.8, 4) is 11.4 Å². The Morgan fingerprint density at radius 2 is 1.81 bits per heavy atom. The molecule has 2 aromatic carbocycles. The minimum atomic E-state index is -0.578. The highest BCUT2D eigenvalue weighted by Crippen LogP contribution is 2.17. The van der Waals surface area contributed by atoms with Crippen LogP contribution >= 0.6 is 0 Å². The molecule has 0 unspecified atom stereocenters. The Kier molecular flexibility index (Phi) is 4.88. The van der Waals surface area contributed by atoms with Crippen molar-refractivity contribution in [2.75, 3.05) is 5.32 Å². The third kappa shape index (κ3) is 3.83. The summed E-state index contributed by atoms with van der Waals surface area (Å²) in [5.41, 5.74) is 0.556. The van der Waals surface area contributed by atoms with Gasteiger partial charge in [-0.25, -0.2) is 13.8 Å². The highest BCUT2D eigenvalue weighted by atomic mass is 19.1. The van der Waals surface area contributed by atoms with E-state index >= 15 is 0 Å². The van der Waals surface area contributed by atoms with Crippen molar-refractivity contribution in [1.82, 2.24) is 9.55 Å². The molecule has 3 aromatic rings. The molecule has 0 fully saturated rings. The van der Waals surface area contributed by atoms with E-state index in [0.29, 0.717) is 11.3 Å². The van der Waals surface area contributed by atoms with Gasteiger partial charge in [0.25, 0.3) is 5.56 Å². The molecule has 0 saturated carbocycles. The minimum absolute atomic E-state index is 0.0222. The Balaban J connectivity index is 1.94. The van der Waals surface area contributed by atoms with Crippen LogP contribution < -0.4 is 10.9 Å². The number of halogens is 2. The lowest BCUT2D eigenvalue weighted by molar-refractivity contribution is -0.116. The van der Waals surface area contributed by atoms with Gasteiger partial charge in [0.1, 0.15) is 24.0 Å². The van der Waals surface area contributed by atoms with Crippen LogP contribution in [0.4, 0.5) is 14.5 Å². The maximum absolute atomic E-state index is 13.7. The van der Waals surface area contributed by atoms with Gasteiger partial charge in [0, 0.05) is 17.3 Å². The summed E-state index contributed by atoms with van der Waals surface area (Å²) in [5.74, 6) is -1.34. The number of nitrogens with zero attached hydrogens (tertiary/aromatic N) is 2. The molecule has 3 rings (SSSR count). The first-order valence-corrected chi connectivity index (χ1v) is 7.83. The molecule has 0 spiro atoms. The highest BCUT2D eigenvalue weighted by molar-refractivity contribution is 5.90. The Labute approximate surface area is 147 Å². The van der Waals surface area contributed by atoms with E-state index in [-0.39, 0.29) is 18.1 Å². The number of aromatic nitrogens is 2. The summed E-state index contributed by atoms with van der Waals surface area (Å²) in [6, 6.07) is 12.5. The van der Waals surface area contributed by atoms with E-state index in [1.54, 1.807) is 13.0 Å². The zero-order chi connectivity index (χ0) is 18.7. The smallest absolute Gasteiger partial charge is 0.254 e. The van der Waals surface area contributed by atoms with Crippen LogP contribution in [0.2, 0.25) is 0 Å². The number of amides is 1. The summed E-state index contributed by atoms with van der Waals surface area (Å²) in [7, 11) is 0. The van der Waals surface area contributed by atoms with Gasteiger partial charge in [0.2, 0.25) is 5.91 Å². The molecule has 0 saturated heterocycles. The quantitative estimate of drug-likeness (QED) is 0.782. The van der Waals surface area contributed by atoms with Gasteiger partial charge in [0.15, 0.2) is 0 Å². The fourth-order valence-electron chi connectivity index (χ4n) is 2.49. The Bertz CT molecular complexity index is 1010. The lowest BCUT2D eigenvalue weighted by Gasteiger charge is -2.13. The molecule has 5 nitrogen and oxygen atoms in total. The van der Waals surface area contributed by atoms with Gasteiger partial charge in [-0.3, -0.25) is 14.2 Å². The van der Waals surface area contributed by atoms with Gasteiger partial charge in [0.05, 0.1) is 5.69 Å². The van der Waals surface area contributed by atoms with E-state index in [1.165, 1.54) is 48.5 Å². The molecule has 7 heteroatoms. The van der Waals surface area contributed by atoms with Crippen molar-refractivity contribution >= 4 is 11.6 Å². The second-order valence-electron chi connectivity index (χ2n) is 5.68. The van der Waals surface area contributed by atoms with E-state index in [0.717, 1.165) is 4.57 Å². The second kappa shape index (κ2) is 7.26. The Morgan fingerprint density at radius 1 is 1.12 bits per heavy atom. The molecular weight excluding hydrogens is 340 g/mol. The lowest BCUT2D eigenvalue weighted by Crippen LogP contribution is -2.29. The van der Waals surface area contributed by atoms with Crippen LogP contribution in [0.3, 0.4) is 0 Å². The normalized spacial score (nSPS) is 10.6. The number of anilines is 1. The number of benzene rings is 2. The number of rotatable bonds is 4. The van der Waals surface area contributed by atoms with Gasteiger partial charge < -0.3 is 5.32 Å². The van der Waals surface area contributed by atoms with Crippen LogP contribution in [0.5, 0.6) is 0 Å². The monoisotopic (exact) mass is 355 g/mol. The van der Waals surface area contributed by atoms with E-state index in [2.05, 4.69) is 10.3 Å². The summed E-state index contributed by atoms with van der Waals surface area (Å²) < 4.78 is 28.0. The maximum Gasteiger partial charge on any atom is 0.254 e. The van der Waals surface area contributed by atoms with Crippen LogP contribution in [0.15, 0.2) is 59.4 Å². The molecule has 132 valence electrons. The third-order valence-corrected chi connectivity index (χ3v) is 3.69. The number of hydrogen-bond donors (Lipinski definition) is 1. The summed E-state index contributed by atoms with van der Waals surface area (Å²) in [6.45, 7) is 1.30. The molecule has 1 aromatic heterocycles. The molecule has 0 aliphatic rings. The van der Waals surface area contributed by atoms with Crippen molar-refractivity contribution in [1.29, 1.82) is 0 Å². The van der Waals surface area contributed by atoms with Crippen molar-refractivity contribution in [3.63, 3.8) is 0 Å². The Hall–Kier alpha value is -3.35. The molecule has 1 N–H and O–H groups in total. The van der Waals surface area contributed by atoms with Crippen LogP contribution in [-0.2, 0) is 11.3 Å². The Morgan fingerprint density at radius 3 is 2.50 bits per heavy atom. The van der Waals surface area contributed by atoms with Crippen LogP contribution in [0.25, 0.3) is 11.4 Å². The van der Waals surface area contributed by atoms with Gasteiger partial charge in [-0.05, 0) is 43.3 Å². The summed E-state index contributed by atoms with van der Waals surface area (Å²) in [6.07, 6.45) is 0. The van der Waals surface area contributed by atoms with E-state index in [1.807, 2.05) is 0 Å². The average Bonchev–Trinajstić information content (AvgIpc) is 2.60. The first kappa shape index (κ1) is 17.5. The summed E-state index contributed by atoms with van der Waals surface area (Å²) >= 11 is 0. The third-order valence-electron chi connectivity index (χ3n) is 3.69. The molecular formula is C19H15F2N3O2. The van der Waals surface area contributed by atoms with E-state index in [4.69, 9.17) is 0 Å². The predicted octanol–water partition coefficient (Wildman–Crippen LogP) is 3.14. The molecule has 0 aliphatic heterocycles. The van der Waals surface area contributed by atoms with Crippen molar-refractivity contribution < 1.29 is 13.6 Å². The predicted molar refractivity (Wildman–Crippen MR) is 93.7 cm³/mol. The van der Waals surface area contributed by atoms with Crippen LogP contribution in [0.1, 0.15) is 5.69 Å². The van der Waals surface area contributed by atoms with Crippen molar-refractivity contribution in [3.05, 3.63) is 82.3 Å². The van der Waals surface area contributed by atoms with Crippen LogP contribution in [0, 0.1) is 18.6 Å². The molecule has 0 bridgehead atoms. The number of para-hydroxylation sites is 1. The summed E-state index contributed by atoms with van der Waals surface area (Å²) in [4.78, 5) is 28.9. The fraction of sp³-hybridized carbons (Fsp3) is 0.105. The standard InChI is InChI=1S/C19H15F2N3O2/c1-12-10-18(26)24(19(22-12)13-6-8-14(20)9-7-13)11-17(25)23-16-5-3-2-4-15(16)21/h2-10H,11H2,1H3,(H,23,25).